The molecule has 0 atom stereocenters. The average Bonchev–Trinajstić information content (AvgIpc) is 3.35. The van der Waals surface area contributed by atoms with Crippen LogP contribution < -0.4 is 28.7 Å². The molecule has 6 nitrogen and oxygen atoms in total. The second kappa shape index (κ2) is 21.5. The van der Waals surface area contributed by atoms with Crippen molar-refractivity contribution in [3.8, 4) is 23.0 Å². The van der Waals surface area contributed by atoms with Crippen molar-refractivity contribution in [2.75, 3.05) is 38.2 Å². The van der Waals surface area contributed by atoms with Crippen molar-refractivity contribution in [3.63, 3.8) is 0 Å². The number of benzene rings is 8. The van der Waals surface area contributed by atoms with Gasteiger partial charge in [-0.3, -0.25) is 0 Å². The van der Waals surface area contributed by atoms with Gasteiger partial charge in [0.2, 0.25) is 0 Å². The van der Waals surface area contributed by atoms with Crippen LogP contribution in [0.3, 0.4) is 0 Å². The number of methoxy groups -OCH3 is 4. The zero-order valence-corrected chi connectivity index (χ0v) is 36.4. The molecule has 314 valence electrons. The third-order valence-electron chi connectivity index (χ3n) is 10.4. The van der Waals surface area contributed by atoms with Crippen LogP contribution in [0.4, 0.5) is 34.1 Å². The van der Waals surface area contributed by atoms with Crippen molar-refractivity contribution < 1.29 is 18.9 Å². The molecule has 0 bridgehead atoms. The van der Waals surface area contributed by atoms with Crippen LogP contribution in [0.1, 0.15) is 27.8 Å². The van der Waals surface area contributed by atoms with Crippen LogP contribution >= 0.6 is 0 Å². The summed E-state index contributed by atoms with van der Waals surface area (Å²) in [4.78, 5) is 4.41. The van der Waals surface area contributed by atoms with Crippen LogP contribution in [-0.4, -0.2) is 28.4 Å². The molecule has 0 aliphatic rings. The fourth-order valence-corrected chi connectivity index (χ4v) is 7.05. The highest BCUT2D eigenvalue weighted by Gasteiger charge is 2.15. The van der Waals surface area contributed by atoms with E-state index in [0.717, 1.165) is 68.2 Å². The topological polar surface area (TPSA) is 43.4 Å². The Labute approximate surface area is 372 Å². The molecule has 0 heterocycles. The minimum Gasteiger partial charge on any atom is -0.497 e. The number of ether oxygens (including phenoxy) is 4. The first kappa shape index (κ1) is 43.1. The summed E-state index contributed by atoms with van der Waals surface area (Å²) in [6.45, 7) is 2.11. The molecule has 0 aromatic heterocycles. The Morgan fingerprint density at radius 2 is 0.635 bits per heavy atom. The van der Waals surface area contributed by atoms with E-state index in [-0.39, 0.29) is 0 Å². The van der Waals surface area contributed by atoms with Crippen LogP contribution in [0.2, 0.25) is 0 Å². The van der Waals surface area contributed by atoms with Gasteiger partial charge in [0.1, 0.15) is 23.0 Å². The Morgan fingerprint density at radius 3 is 1.05 bits per heavy atom. The van der Waals surface area contributed by atoms with E-state index in [0.29, 0.717) is 0 Å². The Bertz CT molecular complexity index is 2620. The van der Waals surface area contributed by atoms with Gasteiger partial charge in [-0.25, -0.2) is 0 Å². The molecule has 6 heteroatoms. The summed E-state index contributed by atoms with van der Waals surface area (Å²) >= 11 is 0. The lowest BCUT2D eigenvalue weighted by atomic mass is 10.1. The highest BCUT2D eigenvalue weighted by molar-refractivity contribution is 5.80. The van der Waals surface area contributed by atoms with Crippen LogP contribution in [0.25, 0.3) is 24.3 Å². The molecule has 0 spiro atoms. The fraction of sp³-hybridized carbons (Fsp3) is 0.0877. The predicted octanol–water partition coefficient (Wildman–Crippen LogP) is 15.0. The maximum absolute atomic E-state index is 5.45. The van der Waals surface area contributed by atoms with Gasteiger partial charge in [0.15, 0.2) is 0 Å². The third kappa shape index (κ3) is 11.7. The Balaban J connectivity index is 0.000000189. The molecular formula is C57H52N2O4. The molecular weight excluding hydrogens is 777 g/mol. The largest absolute Gasteiger partial charge is 0.497 e. The van der Waals surface area contributed by atoms with Gasteiger partial charge in [-0.1, -0.05) is 121 Å². The van der Waals surface area contributed by atoms with E-state index in [1.54, 1.807) is 28.4 Å². The van der Waals surface area contributed by atoms with E-state index >= 15 is 0 Å². The van der Waals surface area contributed by atoms with Crippen molar-refractivity contribution in [1.29, 1.82) is 0 Å². The van der Waals surface area contributed by atoms with Gasteiger partial charge >= 0.3 is 0 Å². The molecule has 8 aromatic rings. The van der Waals surface area contributed by atoms with E-state index < -0.39 is 0 Å². The maximum atomic E-state index is 5.45. The number of hydrogen-bond acceptors (Lipinski definition) is 6. The first-order chi connectivity index (χ1) is 30.9. The summed E-state index contributed by atoms with van der Waals surface area (Å²) < 4.78 is 21.6. The minimum atomic E-state index is 0.813. The van der Waals surface area contributed by atoms with Crippen molar-refractivity contribution >= 4 is 58.4 Å². The molecule has 0 radical (unpaired) electrons. The van der Waals surface area contributed by atoms with Crippen molar-refractivity contribution in [2.45, 2.75) is 6.92 Å². The van der Waals surface area contributed by atoms with Gasteiger partial charge in [-0.2, -0.15) is 0 Å². The smallest absolute Gasteiger partial charge is 0.120 e. The molecule has 0 aliphatic carbocycles. The lowest BCUT2D eigenvalue weighted by Gasteiger charge is -2.26. The summed E-state index contributed by atoms with van der Waals surface area (Å²) in [6, 6.07) is 68.1. The molecule has 0 aliphatic heterocycles. The van der Waals surface area contributed by atoms with Crippen LogP contribution in [0, 0.1) is 6.92 Å². The van der Waals surface area contributed by atoms with E-state index in [2.05, 4.69) is 162 Å². The summed E-state index contributed by atoms with van der Waals surface area (Å²) in [7, 11) is 6.73. The quantitative estimate of drug-likeness (QED) is 0.102. The van der Waals surface area contributed by atoms with Gasteiger partial charge in [0.05, 0.1) is 28.4 Å². The molecule has 0 saturated carbocycles. The van der Waals surface area contributed by atoms with Crippen molar-refractivity contribution in [3.05, 3.63) is 228 Å². The van der Waals surface area contributed by atoms with Gasteiger partial charge in [0, 0.05) is 46.3 Å². The van der Waals surface area contributed by atoms with Gasteiger partial charge in [-0.05, 0) is 126 Å². The van der Waals surface area contributed by atoms with Crippen LogP contribution in [0.15, 0.2) is 200 Å². The number of anilines is 6. The molecule has 8 rings (SSSR count). The first-order valence-electron chi connectivity index (χ1n) is 20.8. The van der Waals surface area contributed by atoms with Gasteiger partial charge in [-0.15, -0.1) is 0 Å². The standard InChI is InChI=1S/C29H27NO2.C28H25NO2/c1-22-5-4-6-24(21-22)8-7-23-9-11-25(12-10-23)30(26-13-17-28(31-2)18-14-26)27-15-19-29(32-3)20-16-27;1-30-27-12-6-10-25(20-27)29(26-11-7-13-28(21-26)31-2)24-18-16-23(17-19-24)15-14-22-8-4-3-5-9-22/h4-21H,1-3H3;3-21H,1-2H3. The molecule has 0 fully saturated rings. The second-order valence-electron chi connectivity index (χ2n) is 14.6. The number of nitrogens with zero attached hydrogens (tertiary/aromatic N) is 2. The fourth-order valence-electron chi connectivity index (χ4n) is 7.05. The zero-order chi connectivity index (χ0) is 43.8. The SMILES string of the molecule is COc1ccc(N(c2ccc(C=Cc3cccc(C)c3)cc2)c2ccc(OC)cc2)cc1.COc1cccc(N(c2ccc(C=Cc3ccccc3)cc2)c2cccc(OC)c2)c1. The summed E-state index contributed by atoms with van der Waals surface area (Å²) in [6.07, 6.45) is 8.54. The van der Waals surface area contributed by atoms with Gasteiger partial charge in [0.25, 0.3) is 0 Å². The molecule has 0 unspecified atom stereocenters. The highest BCUT2D eigenvalue weighted by atomic mass is 16.5. The van der Waals surface area contributed by atoms with E-state index in [1.807, 2.05) is 78.9 Å². The number of rotatable bonds is 14. The van der Waals surface area contributed by atoms with E-state index in [9.17, 15) is 0 Å². The highest BCUT2D eigenvalue weighted by Crippen LogP contribution is 2.38. The Hall–Kier alpha value is -7.96. The van der Waals surface area contributed by atoms with Gasteiger partial charge < -0.3 is 28.7 Å². The summed E-state index contributed by atoms with van der Waals surface area (Å²) in [5, 5.41) is 0. The van der Waals surface area contributed by atoms with Crippen LogP contribution in [-0.2, 0) is 0 Å². The first-order valence-corrected chi connectivity index (χ1v) is 20.8. The van der Waals surface area contributed by atoms with Crippen molar-refractivity contribution in [1.82, 2.24) is 0 Å². The second-order valence-corrected chi connectivity index (χ2v) is 14.6. The van der Waals surface area contributed by atoms with Crippen molar-refractivity contribution in [2.24, 2.45) is 0 Å². The Morgan fingerprint density at radius 1 is 0.286 bits per heavy atom. The zero-order valence-electron chi connectivity index (χ0n) is 36.4. The molecule has 8 aromatic carbocycles. The molecule has 63 heavy (non-hydrogen) atoms. The summed E-state index contributed by atoms with van der Waals surface area (Å²) in [5.41, 5.74) is 12.2. The molecule has 0 N–H and O–H groups in total. The monoisotopic (exact) mass is 828 g/mol. The minimum absolute atomic E-state index is 0.813. The lowest BCUT2D eigenvalue weighted by Crippen LogP contribution is -2.10. The lowest BCUT2D eigenvalue weighted by molar-refractivity contribution is 0.414. The predicted molar refractivity (Wildman–Crippen MR) is 264 cm³/mol. The molecule has 0 saturated heterocycles. The number of hydrogen-bond donors (Lipinski definition) is 0. The number of aryl methyl sites for hydroxylation is 1. The normalized spacial score (nSPS) is 10.8. The average molecular weight is 829 g/mol. The summed E-state index contributed by atoms with van der Waals surface area (Å²) in [5.74, 6) is 3.29. The Kier molecular flexibility index (Phi) is 14.7. The van der Waals surface area contributed by atoms with Crippen LogP contribution in [0.5, 0.6) is 23.0 Å². The third-order valence-corrected chi connectivity index (χ3v) is 10.4. The molecule has 0 amide bonds. The van der Waals surface area contributed by atoms with E-state index in [1.165, 1.54) is 16.7 Å². The maximum Gasteiger partial charge on any atom is 0.120 e. The van der Waals surface area contributed by atoms with E-state index in [4.69, 9.17) is 18.9 Å².